The number of nitrogens with two attached hydrogens (primary N) is 1. The quantitative estimate of drug-likeness (QED) is 0.480. The van der Waals surface area contributed by atoms with Gasteiger partial charge in [0.25, 0.3) is 12.3 Å². The largest absolute Gasteiger partial charge is 0.467 e. The molecule has 0 bridgehead atoms. The predicted molar refractivity (Wildman–Crippen MR) is 125 cm³/mol. The molecular formula is C23H21F3N6O3S. The Morgan fingerprint density at radius 2 is 2.14 bits per heavy atom. The number of halogens is 3. The average Bonchev–Trinajstić information content (AvgIpc) is 3.37. The number of benzene rings is 1. The Hall–Kier alpha value is -3.61. The van der Waals surface area contributed by atoms with Crippen LogP contribution in [-0.2, 0) is 12.1 Å². The van der Waals surface area contributed by atoms with Crippen molar-refractivity contribution in [3.8, 4) is 5.88 Å². The third-order valence-electron chi connectivity index (χ3n) is 6.38. The Morgan fingerprint density at radius 1 is 1.33 bits per heavy atom. The van der Waals surface area contributed by atoms with E-state index >= 15 is 4.39 Å². The maximum absolute atomic E-state index is 15.3. The van der Waals surface area contributed by atoms with E-state index in [4.69, 9.17) is 14.9 Å². The second kappa shape index (κ2) is 8.80. The molecule has 1 amide bonds. The van der Waals surface area contributed by atoms with Crippen molar-refractivity contribution in [2.75, 3.05) is 5.32 Å². The van der Waals surface area contributed by atoms with E-state index in [0.29, 0.717) is 5.89 Å². The van der Waals surface area contributed by atoms with E-state index in [9.17, 15) is 13.6 Å². The van der Waals surface area contributed by atoms with E-state index in [1.54, 1.807) is 6.92 Å². The summed E-state index contributed by atoms with van der Waals surface area (Å²) in [4.78, 5) is 29.2. The summed E-state index contributed by atoms with van der Waals surface area (Å²) in [6, 6.07) is 2.85. The highest BCUT2D eigenvalue weighted by atomic mass is 32.2. The predicted octanol–water partition coefficient (Wildman–Crippen LogP) is 4.04. The zero-order valence-electron chi connectivity index (χ0n) is 19.2. The van der Waals surface area contributed by atoms with Gasteiger partial charge in [0.1, 0.15) is 17.8 Å². The van der Waals surface area contributed by atoms with Crippen LogP contribution in [0.3, 0.4) is 0 Å². The van der Waals surface area contributed by atoms with Gasteiger partial charge < -0.3 is 20.2 Å². The number of amidine groups is 1. The van der Waals surface area contributed by atoms with Crippen molar-refractivity contribution < 1.29 is 27.1 Å². The van der Waals surface area contributed by atoms with Crippen LogP contribution >= 0.6 is 11.8 Å². The topological polar surface area (TPSA) is 129 Å². The molecule has 0 saturated heterocycles. The molecular weight excluding hydrogens is 497 g/mol. The normalized spacial score (nSPS) is 24.7. The SMILES string of the molecule is Cc1cc(NC(=O)c2cnc(OCc3ncco3)cn2)cc([C@]2(C)N=C(N)S[C@@]3(C(F)F)C[C@@H]23)c1F. The van der Waals surface area contributed by atoms with Crippen LogP contribution in [0.2, 0.25) is 0 Å². The van der Waals surface area contributed by atoms with Gasteiger partial charge in [-0.15, -0.1) is 0 Å². The van der Waals surface area contributed by atoms with Crippen LogP contribution in [0, 0.1) is 18.7 Å². The van der Waals surface area contributed by atoms with E-state index in [0.717, 1.165) is 11.8 Å². The van der Waals surface area contributed by atoms with Crippen molar-refractivity contribution in [2.24, 2.45) is 16.6 Å². The number of nitrogens with zero attached hydrogens (tertiary/aromatic N) is 4. The summed E-state index contributed by atoms with van der Waals surface area (Å²) in [6.45, 7) is 3.17. The molecule has 36 heavy (non-hydrogen) atoms. The van der Waals surface area contributed by atoms with Crippen molar-refractivity contribution in [1.29, 1.82) is 0 Å². The number of carbonyl (C=O) groups is 1. The number of hydrogen-bond donors (Lipinski definition) is 2. The highest BCUT2D eigenvalue weighted by Gasteiger charge is 2.71. The number of hydrogen-bond acceptors (Lipinski definition) is 9. The first-order valence-electron chi connectivity index (χ1n) is 10.9. The number of nitrogens with one attached hydrogen (secondary N) is 1. The number of anilines is 1. The lowest BCUT2D eigenvalue weighted by Gasteiger charge is -2.34. The fourth-order valence-corrected chi connectivity index (χ4v) is 5.81. The van der Waals surface area contributed by atoms with Gasteiger partial charge in [0.15, 0.2) is 11.8 Å². The average molecular weight is 519 g/mol. The lowest BCUT2D eigenvalue weighted by Crippen LogP contribution is -2.39. The number of amides is 1. The van der Waals surface area contributed by atoms with Crippen LogP contribution in [0.5, 0.6) is 5.88 Å². The highest BCUT2D eigenvalue weighted by molar-refractivity contribution is 8.15. The maximum Gasteiger partial charge on any atom is 0.275 e. The molecule has 0 unspecified atom stereocenters. The zero-order valence-corrected chi connectivity index (χ0v) is 20.0. The maximum atomic E-state index is 15.3. The Kier molecular flexibility index (Phi) is 5.89. The zero-order chi connectivity index (χ0) is 25.7. The molecule has 1 saturated carbocycles. The van der Waals surface area contributed by atoms with Gasteiger partial charge in [-0.25, -0.2) is 28.1 Å². The van der Waals surface area contributed by atoms with Gasteiger partial charge in [-0.3, -0.25) is 9.79 Å². The van der Waals surface area contributed by atoms with Crippen molar-refractivity contribution in [3.63, 3.8) is 0 Å². The summed E-state index contributed by atoms with van der Waals surface area (Å²) in [7, 11) is 0. The number of alkyl halides is 2. The van der Waals surface area contributed by atoms with E-state index in [1.165, 1.54) is 43.9 Å². The summed E-state index contributed by atoms with van der Waals surface area (Å²) < 4.78 is 52.0. The van der Waals surface area contributed by atoms with Crippen molar-refractivity contribution in [1.82, 2.24) is 15.0 Å². The molecule has 0 spiro atoms. The molecule has 5 rings (SSSR count). The number of ether oxygens (including phenoxy) is 1. The van der Waals surface area contributed by atoms with E-state index in [2.05, 4.69) is 25.3 Å². The first kappa shape index (κ1) is 24.1. The summed E-state index contributed by atoms with van der Waals surface area (Å²) in [5, 5.41) is 2.65. The lowest BCUT2D eigenvalue weighted by molar-refractivity contribution is 0.102. The first-order valence-corrected chi connectivity index (χ1v) is 11.7. The highest BCUT2D eigenvalue weighted by Crippen LogP contribution is 2.68. The van der Waals surface area contributed by atoms with Crippen molar-refractivity contribution in [3.05, 3.63) is 65.5 Å². The smallest absolute Gasteiger partial charge is 0.275 e. The summed E-state index contributed by atoms with van der Waals surface area (Å²) >= 11 is 0.845. The minimum atomic E-state index is -2.63. The van der Waals surface area contributed by atoms with Crippen molar-refractivity contribution in [2.45, 2.75) is 43.6 Å². The third kappa shape index (κ3) is 4.16. The second-order valence-corrected chi connectivity index (χ2v) is 10.2. The number of fused-ring (bicyclic) bond motifs is 1. The molecule has 9 nitrogen and oxygen atoms in total. The molecule has 2 aromatic heterocycles. The summed E-state index contributed by atoms with van der Waals surface area (Å²) in [5.41, 5.74) is 5.15. The minimum Gasteiger partial charge on any atom is -0.467 e. The number of rotatable bonds is 7. The van der Waals surface area contributed by atoms with Gasteiger partial charge in [0.2, 0.25) is 11.8 Å². The molecule has 3 heterocycles. The fraction of sp³-hybridized carbons (Fsp3) is 0.348. The van der Waals surface area contributed by atoms with Gasteiger partial charge >= 0.3 is 0 Å². The van der Waals surface area contributed by atoms with E-state index in [-0.39, 0.29) is 46.6 Å². The lowest BCUT2D eigenvalue weighted by atomic mass is 9.84. The molecule has 1 aromatic carbocycles. The van der Waals surface area contributed by atoms with E-state index in [1.807, 2.05) is 0 Å². The number of oxazole rings is 1. The Labute approximate surface area is 207 Å². The second-order valence-electron chi connectivity index (χ2n) is 8.78. The van der Waals surface area contributed by atoms with Crippen molar-refractivity contribution >= 4 is 28.5 Å². The van der Waals surface area contributed by atoms with Crippen LogP contribution in [0.4, 0.5) is 18.9 Å². The standard InChI is InChI=1S/C23H21F3N6O3S/c1-11-5-12(31-19(33)14-8-30-16(9-29-14)35-10-17-28-3-4-34-17)6-13(18(11)24)22(2)15-7-23(15,20(25)26)36-21(27)32-22/h3-6,8-9,15,20H,7,10H2,1-2H3,(H2,27,32)(H,31,33)/t15-,22-,23-/m0/s1. The Bertz CT molecular complexity index is 1340. The minimum absolute atomic E-state index is 0.0107. The molecule has 3 N–H and O–H groups in total. The molecule has 13 heteroatoms. The number of aliphatic imine (C=N–C) groups is 1. The van der Waals surface area contributed by atoms with Gasteiger partial charge in [-0.1, -0.05) is 11.8 Å². The Balaban J connectivity index is 1.36. The molecule has 2 aliphatic rings. The molecule has 188 valence electrons. The number of thioether (sulfide) groups is 1. The number of aryl methyl sites for hydroxylation is 1. The van der Waals surface area contributed by atoms with Crippen LogP contribution in [0.25, 0.3) is 0 Å². The number of carbonyl (C=O) groups excluding carboxylic acids is 1. The number of aromatic nitrogens is 3. The van der Waals surface area contributed by atoms with Crippen LogP contribution in [0.1, 0.15) is 40.9 Å². The summed E-state index contributed by atoms with van der Waals surface area (Å²) in [6.07, 6.45) is 2.92. The molecule has 3 aromatic rings. The van der Waals surface area contributed by atoms with Gasteiger partial charge in [-0.05, 0) is 38.0 Å². The monoisotopic (exact) mass is 518 g/mol. The molecule has 1 aliphatic carbocycles. The fourth-order valence-electron chi connectivity index (χ4n) is 4.48. The first-order chi connectivity index (χ1) is 17.1. The molecule has 1 aliphatic heterocycles. The molecule has 0 radical (unpaired) electrons. The van der Waals surface area contributed by atoms with Gasteiger partial charge in [0.05, 0.1) is 28.9 Å². The van der Waals surface area contributed by atoms with Crippen LogP contribution in [-0.4, -0.2) is 37.2 Å². The van der Waals surface area contributed by atoms with Crippen LogP contribution < -0.4 is 15.8 Å². The van der Waals surface area contributed by atoms with Crippen LogP contribution in [0.15, 0.2) is 46.4 Å². The Morgan fingerprint density at radius 3 is 2.81 bits per heavy atom. The van der Waals surface area contributed by atoms with E-state index < -0.39 is 34.4 Å². The summed E-state index contributed by atoms with van der Waals surface area (Å²) in [5.74, 6) is -1.26. The van der Waals surface area contributed by atoms with Gasteiger partial charge in [0, 0.05) is 17.2 Å². The molecule has 3 atom stereocenters. The third-order valence-corrected chi connectivity index (χ3v) is 7.69. The van der Waals surface area contributed by atoms with Gasteiger partial charge in [-0.2, -0.15) is 0 Å². The molecule has 1 fully saturated rings.